The lowest BCUT2D eigenvalue weighted by Crippen LogP contribution is -2.31. The van der Waals surface area contributed by atoms with Crippen molar-refractivity contribution in [3.05, 3.63) is 46.4 Å². The zero-order valence-corrected chi connectivity index (χ0v) is 11.7. The average molecular weight is 304 g/mol. The van der Waals surface area contributed by atoms with E-state index >= 15 is 0 Å². The number of Topliss-reactive ketones (excluding diaryl/α,β-unsaturated/α-hetero) is 1. The minimum absolute atomic E-state index is 0.0868. The maximum atomic E-state index is 12.3. The molecule has 0 radical (unpaired) electrons. The maximum absolute atomic E-state index is 12.3. The molecule has 0 fully saturated rings. The first-order chi connectivity index (χ1) is 9.90. The minimum atomic E-state index is -0.976. The summed E-state index contributed by atoms with van der Waals surface area (Å²) in [5, 5.41) is -0.976. The standard InChI is InChI=1S/C14H12N2O4S/c15-12(18)6-11(14(16)20)21-10-5-9(17)7-3-1-2-4-8(7)13(10)19/h1-5,11H,6H2,(H2,15,18)(H2,16,20). The van der Waals surface area contributed by atoms with Gasteiger partial charge >= 0.3 is 0 Å². The molecule has 1 atom stereocenters. The molecule has 21 heavy (non-hydrogen) atoms. The predicted octanol–water partition coefficient (Wildman–Crippen LogP) is 0.412. The quantitative estimate of drug-likeness (QED) is 0.816. The molecule has 0 aliphatic heterocycles. The van der Waals surface area contributed by atoms with Gasteiger partial charge in [0, 0.05) is 23.6 Å². The first-order valence-corrected chi connectivity index (χ1v) is 6.92. The van der Waals surface area contributed by atoms with Gasteiger partial charge in [0.25, 0.3) is 0 Å². The second kappa shape index (κ2) is 5.92. The van der Waals surface area contributed by atoms with Gasteiger partial charge in [0.1, 0.15) is 0 Å². The SMILES string of the molecule is NC(=O)CC(SC1=CC(=O)c2ccccc2C1=O)C(N)=O. The molecule has 0 heterocycles. The third-order valence-corrected chi connectivity index (χ3v) is 4.14. The number of allylic oxidation sites excluding steroid dienone is 2. The van der Waals surface area contributed by atoms with Gasteiger partial charge in [-0.1, -0.05) is 24.3 Å². The topological polar surface area (TPSA) is 120 Å². The number of primary amides is 2. The van der Waals surface area contributed by atoms with Crippen molar-refractivity contribution >= 4 is 35.1 Å². The summed E-state index contributed by atoms with van der Waals surface area (Å²) in [6, 6.07) is 6.40. The highest BCUT2D eigenvalue weighted by Crippen LogP contribution is 2.31. The second-order valence-electron chi connectivity index (χ2n) is 4.43. The molecule has 6 nitrogen and oxygen atoms in total. The Kier molecular flexibility index (Phi) is 4.23. The Labute approximate surface area is 124 Å². The van der Waals surface area contributed by atoms with Crippen LogP contribution in [0.1, 0.15) is 27.1 Å². The van der Waals surface area contributed by atoms with E-state index in [9.17, 15) is 19.2 Å². The highest BCUT2D eigenvalue weighted by Gasteiger charge is 2.29. The molecule has 2 rings (SSSR count). The van der Waals surface area contributed by atoms with Crippen molar-refractivity contribution in [2.45, 2.75) is 11.7 Å². The molecular weight excluding hydrogens is 292 g/mol. The smallest absolute Gasteiger partial charge is 0.231 e. The third kappa shape index (κ3) is 3.19. The van der Waals surface area contributed by atoms with Crippen LogP contribution in [-0.4, -0.2) is 28.6 Å². The molecule has 108 valence electrons. The normalized spacial score (nSPS) is 15.1. The fourth-order valence-corrected chi connectivity index (χ4v) is 2.98. The lowest BCUT2D eigenvalue weighted by atomic mass is 9.95. The van der Waals surface area contributed by atoms with Crippen LogP contribution in [-0.2, 0) is 9.59 Å². The predicted molar refractivity (Wildman–Crippen MR) is 77.6 cm³/mol. The number of hydrogen-bond acceptors (Lipinski definition) is 5. The van der Waals surface area contributed by atoms with Crippen molar-refractivity contribution in [2.24, 2.45) is 11.5 Å². The number of carbonyl (C=O) groups excluding carboxylic acids is 4. The highest BCUT2D eigenvalue weighted by molar-refractivity contribution is 8.05. The second-order valence-corrected chi connectivity index (χ2v) is 5.67. The van der Waals surface area contributed by atoms with Gasteiger partial charge < -0.3 is 11.5 Å². The monoisotopic (exact) mass is 304 g/mol. The van der Waals surface area contributed by atoms with Gasteiger partial charge in [-0.25, -0.2) is 0 Å². The molecular formula is C14H12N2O4S. The third-order valence-electron chi connectivity index (χ3n) is 2.90. The van der Waals surface area contributed by atoms with E-state index in [1.54, 1.807) is 18.2 Å². The molecule has 1 aromatic rings. The summed E-state index contributed by atoms with van der Waals surface area (Å²) < 4.78 is 0. The lowest BCUT2D eigenvalue weighted by molar-refractivity contribution is -0.122. The molecule has 4 N–H and O–H groups in total. The number of benzene rings is 1. The van der Waals surface area contributed by atoms with Crippen molar-refractivity contribution in [1.82, 2.24) is 0 Å². The number of rotatable bonds is 5. The number of thioether (sulfide) groups is 1. The molecule has 1 unspecified atom stereocenters. The number of carbonyl (C=O) groups is 4. The maximum Gasteiger partial charge on any atom is 0.231 e. The minimum Gasteiger partial charge on any atom is -0.370 e. The van der Waals surface area contributed by atoms with E-state index in [0.717, 1.165) is 17.8 Å². The van der Waals surface area contributed by atoms with Crippen LogP contribution in [0.3, 0.4) is 0 Å². The largest absolute Gasteiger partial charge is 0.370 e. The zero-order chi connectivity index (χ0) is 15.6. The average Bonchev–Trinajstić information content (AvgIpc) is 2.43. The summed E-state index contributed by atoms with van der Waals surface area (Å²) in [7, 11) is 0. The van der Waals surface area contributed by atoms with Crippen molar-refractivity contribution in [3.63, 3.8) is 0 Å². The van der Waals surface area contributed by atoms with Crippen LogP contribution in [0.2, 0.25) is 0 Å². The van der Waals surface area contributed by atoms with Gasteiger partial charge in [-0.2, -0.15) is 0 Å². The van der Waals surface area contributed by atoms with E-state index in [1.807, 2.05) is 0 Å². The van der Waals surface area contributed by atoms with Gasteiger partial charge in [-0.15, -0.1) is 11.8 Å². The van der Waals surface area contributed by atoms with Crippen LogP contribution < -0.4 is 11.5 Å². The van der Waals surface area contributed by atoms with E-state index < -0.39 is 17.1 Å². The van der Waals surface area contributed by atoms with E-state index in [1.165, 1.54) is 6.07 Å². The molecule has 0 spiro atoms. The van der Waals surface area contributed by atoms with E-state index in [2.05, 4.69) is 0 Å². The van der Waals surface area contributed by atoms with Crippen molar-refractivity contribution in [2.75, 3.05) is 0 Å². The van der Waals surface area contributed by atoms with Gasteiger partial charge in [0.05, 0.1) is 10.2 Å². The van der Waals surface area contributed by atoms with Crippen molar-refractivity contribution in [1.29, 1.82) is 0 Å². The Morgan fingerprint density at radius 2 is 1.71 bits per heavy atom. The van der Waals surface area contributed by atoms with Gasteiger partial charge in [0.2, 0.25) is 11.8 Å². The lowest BCUT2D eigenvalue weighted by Gasteiger charge is -2.17. The number of ketones is 2. The number of amides is 2. The van der Waals surface area contributed by atoms with Crippen LogP contribution >= 0.6 is 11.8 Å². The Hall–Kier alpha value is -2.41. The van der Waals surface area contributed by atoms with Crippen molar-refractivity contribution < 1.29 is 19.2 Å². The molecule has 0 saturated carbocycles. The number of nitrogens with two attached hydrogens (primary N) is 2. The first-order valence-electron chi connectivity index (χ1n) is 6.04. The number of fused-ring (bicyclic) bond motifs is 1. The zero-order valence-electron chi connectivity index (χ0n) is 10.9. The summed E-state index contributed by atoms with van der Waals surface area (Å²) in [4.78, 5) is 46.6. The molecule has 0 aromatic heterocycles. The van der Waals surface area contributed by atoms with Crippen LogP contribution in [0.15, 0.2) is 35.2 Å². The van der Waals surface area contributed by atoms with Crippen LogP contribution in [0.25, 0.3) is 0 Å². The summed E-state index contributed by atoms with van der Waals surface area (Å²) in [5.74, 6) is -2.17. The molecule has 1 aliphatic carbocycles. The Morgan fingerprint density at radius 3 is 2.29 bits per heavy atom. The van der Waals surface area contributed by atoms with Gasteiger partial charge in [0.15, 0.2) is 11.6 Å². The van der Waals surface area contributed by atoms with Crippen LogP contribution in [0.5, 0.6) is 0 Å². The van der Waals surface area contributed by atoms with Gasteiger partial charge in [-0.05, 0) is 0 Å². The van der Waals surface area contributed by atoms with Crippen LogP contribution in [0, 0.1) is 0 Å². The summed E-state index contributed by atoms with van der Waals surface area (Å²) in [6.07, 6.45) is 0.868. The summed E-state index contributed by atoms with van der Waals surface area (Å²) in [5.41, 5.74) is 10.8. The molecule has 0 bridgehead atoms. The Bertz CT molecular complexity index is 681. The molecule has 0 saturated heterocycles. The molecule has 2 amide bonds. The fraction of sp³-hybridized carbons (Fsp3) is 0.143. The van der Waals surface area contributed by atoms with Gasteiger partial charge in [-0.3, -0.25) is 19.2 Å². The summed E-state index contributed by atoms with van der Waals surface area (Å²) >= 11 is 0.793. The number of hydrogen-bond donors (Lipinski definition) is 2. The van der Waals surface area contributed by atoms with Crippen molar-refractivity contribution in [3.8, 4) is 0 Å². The highest BCUT2D eigenvalue weighted by atomic mass is 32.2. The molecule has 1 aliphatic rings. The Balaban J connectivity index is 2.29. The van der Waals surface area contributed by atoms with Crippen LogP contribution in [0.4, 0.5) is 0 Å². The fourth-order valence-electron chi connectivity index (χ4n) is 1.91. The van der Waals surface area contributed by atoms with E-state index in [4.69, 9.17) is 11.5 Å². The molecule has 1 aromatic carbocycles. The first kappa shape index (κ1) is 15.0. The summed E-state index contributed by atoms with van der Waals surface area (Å²) in [6.45, 7) is 0. The Morgan fingerprint density at radius 1 is 1.10 bits per heavy atom. The molecule has 7 heteroatoms. The van der Waals surface area contributed by atoms with E-state index in [-0.39, 0.29) is 28.5 Å². The van der Waals surface area contributed by atoms with E-state index in [0.29, 0.717) is 5.56 Å².